The Kier molecular flexibility index (Phi) is 0.648. The monoisotopic (exact) mass is 110 g/mol. The summed E-state index contributed by atoms with van der Waals surface area (Å²) in [4.78, 5) is 3.99. The van der Waals surface area contributed by atoms with Gasteiger partial charge in [-0.3, -0.25) is 5.32 Å². The van der Waals surface area contributed by atoms with Gasteiger partial charge in [0.05, 0.1) is 13.2 Å². The Morgan fingerprint density at radius 3 is 3.62 bits per heavy atom. The van der Waals surface area contributed by atoms with Crippen molar-refractivity contribution in [2.24, 2.45) is 0 Å². The van der Waals surface area contributed by atoms with Gasteiger partial charge in [0.2, 0.25) is 0 Å². The highest BCUT2D eigenvalue weighted by molar-refractivity contribution is 4.86. The summed E-state index contributed by atoms with van der Waals surface area (Å²) in [6.45, 7) is 1.68. The minimum absolute atomic E-state index is 0.815. The lowest BCUT2D eigenvalue weighted by Crippen LogP contribution is -2.05. The Hall–Kier alpha value is -0.900. The molecule has 0 bridgehead atoms. The van der Waals surface area contributed by atoms with E-state index in [2.05, 4.69) is 15.4 Å². The van der Waals surface area contributed by atoms with Gasteiger partial charge in [-0.25, -0.2) is 9.67 Å². The zero-order chi connectivity index (χ0) is 5.40. The van der Waals surface area contributed by atoms with Crippen LogP contribution in [0.1, 0.15) is 5.82 Å². The van der Waals surface area contributed by atoms with Crippen molar-refractivity contribution in [2.45, 2.75) is 13.2 Å². The number of nitrogens with zero attached hydrogens (tertiary/aromatic N) is 3. The van der Waals surface area contributed by atoms with Crippen LogP contribution in [0.15, 0.2) is 6.33 Å². The van der Waals surface area contributed by atoms with Gasteiger partial charge in [-0.05, 0) is 0 Å². The highest BCUT2D eigenvalue weighted by Crippen LogP contribution is 1.97. The summed E-state index contributed by atoms with van der Waals surface area (Å²) in [7, 11) is 0. The lowest BCUT2D eigenvalue weighted by atomic mass is 10.6. The number of rotatable bonds is 0. The first-order valence-corrected chi connectivity index (χ1v) is 2.54. The summed E-state index contributed by atoms with van der Waals surface area (Å²) in [6, 6.07) is 0. The molecule has 2 heterocycles. The molecule has 0 fully saturated rings. The van der Waals surface area contributed by atoms with Crippen LogP contribution in [0.25, 0.3) is 0 Å². The van der Waals surface area contributed by atoms with Gasteiger partial charge in [-0.1, -0.05) is 0 Å². The summed E-state index contributed by atoms with van der Waals surface area (Å²) in [5.74, 6) is 1.03. The third-order valence-corrected chi connectivity index (χ3v) is 1.24. The van der Waals surface area contributed by atoms with Crippen molar-refractivity contribution in [1.29, 1.82) is 0 Å². The summed E-state index contributed by atoms with van der Waals surface area (Å²) >= 11 is 0. The van der Waals surface area contributed by atoms with Crippen molar-refractivity contribution in [2.75, 3.05) is 0 Å². The van der Waals surface area contributed by atoms with Crippen molar-refractivity contribution in [1.82, 2.24) is 20.1 Å². The number of nitrogens with one attached hydrogen (secondary N) is 1. The van der Waals surface area contributed by atoms with Gasteiger partial charge in [0.25, 0.3) is 0 Å². The van der Waals surface area contributed by atoms with Crippen LogP contribution in [-0.4, -0.2) is 14.8 Å². The molecule has 0 radical (unpaired) electrons. The SMILES string of the molecule is c1nc2n(n1)CNC2. The second-order valence-corrected chi connectivity index (χ2v) is 1.76. The molecule has 4 nitrogen and oxygen atoms in total. The summed E-state index contributed by atoms with van der Waals surface area (Å²) in [6.07, 6.45) is 1.58. The standard InChI is InChI=1S/C4H6N4/c1-4-6-2-7-8(4)3-5-1/h2,5H,1,3H2. The van der Waals surface area contributed by atoms with E-state index in [-0.39, 0.29) is 0 Å². The predicted octanol–water partition coefficient (Wildman–Crippen LogP) is -0.661. The smallest absolute Gasteiger partial charge is 0.142 e. The van der Waals surface area contributed by atoms with Crippen LogP contribution < -0.4 is 5.32 Å². The van der Waals surface area contributed by atoms with E-state index in [0.717, 1.165) is 19.0 Å². The first-order valence-electron chi connectivity index (χ1n) is 2.54. The molecular formula is C4H6N4. The van der Waals surface area contributed by atoms with E-state index >= 15 is 0 Å². The summed E-state index contributed by atoms with van der Waals surface area (Å²) in [5.41, 5.74) is 0. The predicted molar refractivity (Wildman–Crippen MR) is 26.9 cm³/mol. The molecule has 1 N–H and O–H groups in total. The normalized spacial score (nSPS) is 16.5. The van der Waals surface area contributed by atoms with Crippen LogP contribution in [-0.2, 0) is 13.2 Å². The third-order valence-electron chi connectivity index (χ3n) is 1.24. The molecule has 42 valence electrons. The largest absolute Gasteiger partial charge is 0.291 e. The van der Waals surface area contributed by atoms with Gasteiger partial charge in [0.1, 0.15) is 12.2 Å². The maximum absolute atomic E-state index is 3.99. The molecule has 4 heteroatoms. The zero-order valence-corrected chi connectivity index (χ0v) is 4.33. The van der Waals surface area contributed by atoms with E-state index in [9.17, 15) is 0 Å². The fourth-order valence-corrected chi connectivity index (χ4v) is 0.831. The van der Waals surface area contributed by atoms with Crippen LogP contribution in [0.5, 0.6) is 0 Å². The highest BCUT2D eigenvalue weighted by Gasteiger charge is 2.08. The first-order chi connectivity index (χ1) is 3.97. The van der Waals surface area contributed by atoms with Crippen LogP contribution >= 0.6 is 0 Å². The lowest BCUT2D eigenvalue weighted by molar-refractivity contribution is 0.599. The number of aromatic nitrogens is 3. The van der Waals surface area contributed by atoms with Crippen molar-refractivity contribution in [3.05, 3.63) is 12.2 Å². The fraction of sp³-hybridized carbons (Fsp3) is 0.500. The maximum Gasteiger partial charge on any atom is 0.142 e. The Morgan fingerprint density at radius 2 is 2.75 bits per heavy atom. The van der Waals surface area contributed by atoms with Gasteiger partial charge in [-0.15, -0.1) is 0 Å². The lowest BCUT2D eigenvalue weighted by Gasteiger charge is -1.85. The summed E-state index contributed by atoms with van der Waals surface area (Å²) < 4.78 is 1.85. The van der Waals surface area contributed by atoms with E-state index in [1.54, 1.807) is 6.33 Å². The molecule has 0 amide bonds. The van der Waals surface area contributed by atoms with Gasteiger partial charge < -0.3 is 0 Å². The number of hydrogen-bond acceptors (Lipinski definition) is 3. The van der Waals surface area contributed by atoms with Gasteiger partial charge >= 0.3 is 0 Å². The van der Waals surface area contributed by atoms with Crippen LogP contribution in [0, 0.1) is 0 Å². The van der Waals surface area contributed by atoms with Gasteiger partial charge in [-0.2, -0.15) is 5.10 Å². The third kappa shape index (κ3) is 0.376. The molecule has 0 aliphatic carbocycles. The second kappa shape index (κ2) is 1.29. The van der Waals surface area contributed by atoms with E-state index in [1.165, 1.54) is 0 Å². The molecule has 1 aromatic heterocycles. The maximum atomic E-state index is 3.99. The molecule has 2 rings (SSSR count). The van der Waals surface area contributed by atoms with Crippen molar-refractivity contribution in [3.63, 3.8) is 0 Å². The number of hydrogen-bond donors (Lipinski definition) is 1. The van der Waals surface area contributed by atoms with E-state index in [4.69, 9.17) is 0 Å². The van der Waals surface area contributed by atoms with Gasteiger partial charge in [0, 0.05) is 0 Å². The Bertz CT molecular complexity index is 173. The Morgan fingerprint density at radius 1 is 1.75 bits per heavy atom. The first kappa shape index (κ1) is 4.03. The zero-order valence-electron chi connectivity index (χ0n) is 4.33. The molecular weight excluding hydrogens is 104 g/mol. The summed E-state index contributed by atoms with van der Waals surface area (Å²) in [5, 5.41) is 7.05. The van der Waals surface area contributed by atoms with E-state index in [1.807, 2.05) is 4.68 Å². The Balaban J connectivity index is 2.54. The quantitative estimate of drug-likeness (QED) is 0.482. The highest BCUT2D eigenvalue weighted by atomic mass is 15.4. The van der Waals surface area contributed by atoms with Crippen molar-refractivity contribution in [3.8, 4) is 0 Å². The number of fused-ring (bicyclic) bond motifs is 1. The Labute approximate surface area is 46.5 Å². The molecule has 0 saturated heterocycles. The second-order valence-electron chi connectivity index (χ2n) is 1.76. The van der Waals surface area contributed by atoms with E-state index < -0.39 is 0 Å². The van der Waals surface area contributed by atoms with Crippen LogP contribution in [0.4, 0.5) is 0 Å². The molecule has 0 aromatic carbocycles. The minimum atomic E-state index is 0.815. The topological polar surface area (TPSA) is 42.7 Å². The molecule has 1 aliphatic rings. The van der Waals surface area contributed by atoms with Crippen molar-refractivity contribution >= 4 is 0 Å². The fourth-order valence-electron chi connectivity index (χ4n) is 0.831. The molecule has 0 spiro atoms. The van der Waals surface area contributed by atoms with Crippen molar-refractivity contribution < 1.29 is 0 Å². The molecule has 1 aliphatic heterocycles. The molecule has 0 saturated carbocycles. The molecule has 0 atom stereocenters. The van der Waals surface area contributed by atoms with E-state index in [0.29, 0.717) is 0 Å². The minimum Gasteiger partial charge on any atom is -0.291 e. The van der Waals surface area contributed by atoms with Crippen LogP contribution in [0.2, 0.25) is 0 Å². The van der Waals surface area contributed by atoms with Crippen LogP contribution in [0.3, 0.4) is 0 Å². The average Bonchev–Trinajstić information content (AvgIpc) is 2.15. The average molecular weight is 110 g/mol. The molecule has 0 unspecified atom stereocenters. The molecule has 1 aromatic rings. The molecule has 8 heavy (non-hydrogen) atoms. The van der Waals surface area contributed by atoms with Gasteiger partial charge in [0.15, 0.2) is 0 Å².